The van der Waals surface area contributed by atoms with Crippen LogP contribution in [0.1, 0.15) is 32.6 Å². The van der Waals surface area contributed by atoms with E-state index in [0.29, 0.717) is 11.8 Å². The van der Waals surface area contributed by atoms with Gasteiger partial charge in [0.2, 0.25) is 0 Å². The number of rotatable bonds is 9. The Balaban J connectivity index is 2.25. The van der Waals surface area contributed by atoms with E-state index in [9.17, 15) is 4.79 Å². The number of nitrogens with one attached hydrogen (secondary N) is 1. The van der Waals surface area contributed by atoms with E-state index in [1.54, 1.807) is 7.11 Å². The fraction of sp³-hybridized carbons (Fsp3) is 0.786. The van der Waals surface area contributed by atoms with Crippen molar-refractivity contribution < 1.29 is 14.3 Å². The highest BCUT2D eigenvalue weighted by Gasteiger charge is 2.41. The molecule has 0 aromatic heterocycles. The maximum atomic E-state index is 11.4. The Kier molecular flexibility index (Phi) is 6.36. The molecular formula is C14H25NO3. The van der Waals surface area contributed by atoms with Gasteiger partial charge in [-0.2, -0.15) is 0 Å². The first-order chi connectivity index (χ1) is 8.67. The second-order valence-electron chi connectivity index (χ2n) is 4.95. The van der Waals surface area contributed by atoms with Crippen LogP contribution < -0.4 is 5.32 Å². The molecule has 0 bridgehead atoms. The Morgan fingerprint density at radius 2 is 2.11 bits per heavy atom. The van der Waals surface area contributed by atoms with Crippen molar-refractivity contribution >= 4 is 5.97 Å². The maximum absolute atomic E-state index is 11.4. The highest BCUT2D eigenvalue weighted by Crippen LogP contribution is 2.48. The van der Waals surface area contributed by atoms with E-state index in [2.05, 4.69) is 5.32 Å². The maximum Gasteiger partial charge on any atom is 0.333 e. The van der Waals surface area contributed by atoms with Crippen LogP contribution in [-0.4, -0.2) is 39.9 Å². The molecule has 0 radical (unpaired) electrons. The molecule has 0 aromatic carbocycles. The number of carbonyl (C=O) groups excluding carboxylic acids is 1. The fourth-order valence-corrected chi connectivity index (χ4v) is 2.05. The first-order valence-corrected chi connectivity index (χ1v) is 6.64. The van der Waals surface area contributed by atoms with Crippen molar-refractivity contribution in [2.45, 2.75) is 32.6 Å². The molecule has 1 saturated carbocycles. The van der Waals surface area contributed by atoms with Gasteiger partial charge in [0.1, 0.15) is 0 Å². The summed E-state index contributed by atoms with van der Waals surface area (Å²) in [6.45, 7) is 4.53. The largest absolute Gasteiger partial charge is 0.466 e. The molecule has 0 unspecified atom stereocenters. The summed E-state index contributed by atoms with van der Waals surface area (Å²) in [5, 5.41) is 3.40. The zero-order valence-corrected chi connectivity index (χ0v) is 11.8. The van der Waals surface area contributed by atoms with Crippen molar-refractivity contribution in [2.75, 3.05) is 33.9 Å². The topological polar surface area (TPSA) is 47.6 Å². The van der Waals surface area contributed by atoms with Crippen LogP contribution in [0.25, 0.3) is 0 Å². The van der Waals surface area contributed by atoms with E-state index in [4.69, 9.17) is 9.47 Å². The van der Waals surface area contributed by atoms with Crippen LogP contribution in [0, 0.1) is 5.41 Å². The average molecular weight is 255 g/mol. The lowest BCUT2D eigenvalue weighted by atomic mass is 10.0. The molecule has 0 spiro atoms. The van der Waals surface area contributed by atoms with Crippen molar-refractivity contribution in [2.24, 2.45) is 5.41 Å². The first kappa shape index (κ1) is 15.2. The van der Waals surface area contributed by atoms with Gasteiger partial charge in [0.25, 0.3) is 0 Å². The van der Waals surface area contributed by atoms with Gasteiger partial charge in [0.15, 0.2) is 0 Å². The second-order valence-corrected chi connectivity index (χ2v) is 4.95. The third kappa shape index (κ3) is 4.78. The minimum atomic E-state index is -0.222. The minimum Gasteiger partial charge on any atom is -0.466 e. The molecule has 0 aliphatic heterocycles. The van der Waals surface area contributed by atoms with Gasteiger partial charge in [-0.15, -0.1) is 0 Å². The lowest BCUT2D eigenvalue weighted by Gasteiger charge is -2.14. The lowest BCUT2D eigenvalue weighted by molar-refractivity contribution is -0.136. The third-order valence-electron chi connectivity index (χ3n) is 3.61. The zero-order chi connectivity index (χ0) is 13.4. The summed E-state index contributed by atoms with van der Waals surface area (Å²) >= 11 is 0. The highest BCUT2D eigenvalue weighted by molar-refractivity contribution is 5.88. The lowest BCUT2D eigenvalue weighted by Crippen LogP contribution is -2.25. The van der Waals surface area contributed by atoms with Gasteiger partial charge in [0.05, 0.1) is 7.11 Å². The summed E-state index contributed by atoms with van der Waals surface area (Å²) in [6, 6.07) is 0. The molecule has 1 fully saturated rings. The van der Waals surface area contributed by atoms with E-state index >= 15 is 0 Å². The van der Waals surface area contributed by atoms with Crippen LogP contribution in [0.2, 0.25) is 0 Å². The van der Waals surface area contributed by atoms with Gasteiger partial charge in [-0.05, 0) is 31.1 Å². The van der Waals surface area contributed by atoms with Crippen LogP contribution in [0.4, 0.5) is 0 Å². The summed E-state index contributed by atoms with van der Waals surface area (Å²) in [5.74, 6) is -0.222. The van der Waals surface area contributed by atoms with E-state index in [1.807, 2.05) is 13.0 Å². The standard InChI is InChI=1S/C14H25NO3/c1-4-12(13(16)18-3)5-9-15-11-14(6-7-14)8-10-17-2/h5,15H,4,6-11H2,1-3H3. The Hall–Kier alpha value is -0.870. The summed E-state index contributed by atoms with van der Waals surface area (Å²) in [6.07, 6.45) is 6.33. The van der Waals surface area contributed by atoms with Gasteiger partial charge >= 0.3 is 5.97 Å². The molecule has 4 nitrogen and oxygen atoms in total. The predicted molar refractivity (Wildman–Crippen MR) is 71.4 cm³/mol. The van der Waals surface area contributed by atoms with Gasteiger partial charge in [0, 0.05) is 32.4 Å². The summed E-state index contributed by atoms with van der Waals surface area (Å²) in [5.41, 5.74) is 1.19. The Bertz CT molecular complexity index is 295. The number of hydrogen-bond donors (Lipinski definition) is 1. The van der Waals surface area contributed by atoms with Crippen molar-refractivity contribution in [1.82, 2.24) is 5.32 Å². The van der Waals surface area contributed by atoms with E-state index in [1.165, 1.54) is 20.0 Å². The summed E-state index contributed by atoms with van der Waals surface area (Å²) < 4.78 is 9.84. The Morgan fingerprint density at radius 3 is 2.61 bits per heavy atom. The molecule has 1 rings (SSSR count). The van der Waals surface area contributed by atoms with Crippen LogP contribution >= 0.6 is 0 Å². The molecular weight excluding hydrogens is 230 g/mol. The normalized spacial score (nSPS) is 17.6. The van der Waals surface area contributed by atoms with Gasteiger partial charge in [-0.3, -0.25) is 0 Å². The number of ether oxygens (including phenoxy) is 2. The monoisotopic (exact) mass is 255 g/mol. The molecule has 0 heterocycles. The van der Waals surface area contributed by atoms with Crippen molar-refractivity contribution in [3.05, 3.63) is 11.6 Å². The predicted octanol–water partition coefficient (Wildman–Crippen LogP) is 1.90. The Labute approximate surface area is 110 Å². The molecule has 18 heavy (non-hydrogen) atoms. The third-order valence-corrected chi connectivity index (χ3v) is 3.61. The molecule has 104 valence electrons. The highest BCUT2D eigenvalue weighted by atomic mass is 16.5. The molecule has 0 atom stereocenters. The minimum absolute atomic E-state index is 0.222. The van der Waals surface area contributed by atoms with Gasteiger partial charge in [-0.25, -0.2) is 4.79 Å². The zero-order valence-electron chi connectivity index (χ0n) is 11.8. The molecule has 1 aliphatic rings. The average Bonchev–Trinajstić information content (AvgIpc) is 3.16. The van der Waals surface area contributed by atoms with Crippen molar-refractivity contribution in [3.63, 3.8) is 0 Å². The molecule has 1 N–H and O–H groups in total. The number of carbonyl (C=O) groups is 1. The molecule has 1 aliphatic carbocycles. The number of esters is 1. The van der Waals surface area contributed by atoms with Crippen LogP contribution in [0.5, 0.6) is 0 Å². The van der Waals surface area contributed by atoms with E-state index in [-0.39, 0.29) is 5.97 Å². The molecule has 0 saturated heterocycles. The van der Waals surface area contributed by atoms with Crippen LogP contribution in [-0.2, 0) is 14.3 Å². The second kappa shape index (κ2) is 7.54. The first-order valence-electron chi connectivity index (χ1n) is 6.64. The van der Waals surface area contributed by atoms with Crippen molar-refractivity contribution in [3.8, 4) is 0 Å². The molecule has 0 aromatic rings. The van der Waals surface area contributed by atoms with E-state index < -0.39 is 0 Å². The quantitative estimate of drug-likeness (QED) is 0.388. The SMILES string of the molecule is CCC(=CCNCC1(CCOC)CC1)C(=O)OC. The number of hydrogen-bond acceptors (Lipinski definition) is 4. The van der Waals surface area contributed by atoms with Crippen LogP contribution in [0.15, 0.2) is 11.6 Å². The number of methoxy groups -OCH3 is 2. The summed E-state index contributed by atoms with van der Waals surface area (Å²) in [4.78, 5) is 11.4. The fourth-order valence-electron chi connectivity index (χ4n) is 2.05. The van der Waals surface area contributed by atoms with E-state index in [0.717, 1.165) is 31.7 Å². The molecule has 4 heteroatoms. The van der Waals surface area contributed by atoms with Gasteiger partial charge < -0.3 is 14.8 Å². The van der Waals surface area contributed by atoms with Gasteiger partial charge in [-0.1, -0.05) is 13.0 Å². The van der Waals surface area contributed by atoms with Crippen LogP contribution in [0.3, 0.4) is 0 Å². The van der Waals surface area contributed by atoms with Crippen molar-refractivity contribution in [1.29, 1.82) is 0 Å². The summed E-state index contributed by atoms with van der Waals surface area (Å²) in [7, 11) is 3.17. The smallest absolute Gasteiger partial charge is 0.333 e. The molecule has 0 amide bonds. The Morgan fingerprint density at radius 1 is 1.39 bits per heavy atom.